The van der Waals surface area contributed by atoms with Crippen LogP contribution in [0.1, 0.15) is 36.2 Å². The Morgan fingerprint density at radius 2 is 2.00 bits per heavy atom. The molecule has 0 aliphatic carbocycles. The van der Waals surface area contributed by atoms with Crippen LogP contribution >= 0.6 is 11.3 Å². The molecule has 0 bridgehead atoms. The van der Waals surface area contributed by atoms with Crippen molar-refractivity contribution >= 4 is 32.4 Å². The quantitative estimate of drug-likeness (QED) is 0.774. The summed E-state index contributed by atoms with van der Waals surface area (Å²) in [6.07, 6.45) is 0.662. The maximum atomic E-state index is 12.2. The smallest absolute Gasteiger partial charge is 0.270 e. The molecule has 124 valence electrons. The molecule has 1 amide bonds. The van der Waals surface area contributed by atoms with Crippen molar-refractivity contribution in [2.75, 3.05) is 5.32 Å². The SMILES string of the molecule is CC[C@H](C)NS(=O)(=O)c1nnc(NC(=O)c2ccccc2C)s1. The van der Waals surface area contributed by atoms with Crippen LogP contribution in [0.5, 0.6) is 0 Å². The molecule has 0 spiro atoms. The molecule has 2 aromatic rings. The summed E-state index contributed by atoms with van der Waals surface area (Å²) in [4.78, 5) is 12.2. The minimum absolute atomic E-state index is 0.141. The number of aromatic nitrogens is 2. The van der Waals surface area contributed by atoms with Crippen LogP contribution in [0.25, 0.3) is 0 Å². The van der Waals surface area contributed by atoms with Crippen LogP contribution in [0.4, 0.5) is 5.13 Å². The Bertz CT molecular complexity index is 802. The Balaban J connectivity index is 2.14. The first kappa shape index (κ1) is 17.5. The molecule has 0 unspecified atom stereocenters. The largest absolute Gasteiger partial charge is 0.296 e. The fourth-order valence-electron chi connectivity index (χ4n) is 1.76. The molecule has 1 aromatic heterocycles. The minimum Gasteiger partial charge on any atom is -0.296 e. The zero-order valence-corrected chi connectivity index (χ0v) is 14.7. The fraction of sp³-hybridized carbons (Fsp3) is 0.357. The number of carbonyl (C=O) groups excluding carboxylic acids is 1. The van der Waals surface area contributed by atoms with Gasteiger partial charge in [0, 0.05) is 11.6 Å². The van der Waals surface area contributed by atoms with Gasteiger partial charge in [-0.3, -0.25) is 10.1 Å². The van der Waals surface area contributed by atoms with Gasteiger partial charge in [0.1, 0.15) is 0 Å². The number of aryl methyl sites for hydroxylation is 1. The molecule has 0 fully saturated rings. The molecule has 0 radical (unpaired) electrons. The number of anilines is 1. The fourth-order valence-corrected chi connectivity index (χ4v) is 4.00. The Labute approximate surface area is 139 Å². The van der Waals surface area contributed by atoms with Crippen LogP contribution in [0.15, 0.2) is 28.6 Å². The zero-order valence-electron chi connectivity index (χ0n) is 13.0. The van der Waals surface area contributed by atoms with Gasteiger partial charge < -0.3 is 0 Å². The summed E-state index contributed by atoms with van der Waals surface area (Å²) in [5.41, 5.74) is 1.32. The van der Waals surface area contributed by atoms with E-state index in [9.17, 15) is 13.2 Å². The van der Waals surface area contributed by atoms with Gasteiger partial charge in [0.05, 0.1) is 0 Å². The highest BCUT2D eigenvalue weighted by Gasteiger charge is 2.22. The van der Waals surface area contributed by atoms with E-state index in [0.717, 1.165) is 16.9 Å². The molecule has 1 atom stereocenters. The highest BCUT2D eigenvalue weighted by Crippen LogP contribution is 2.21. The van der Waals surface area contributed by atoms with Crippen molar-refractivity contribution in [1.82, 2.24) is 14.9 Å². The normalized spacial score (nSPS) is 12.8. The third-order valence-electron chi connectivity index (χ3n) is 3.22. The number of hydrogen-bond acceptors (Lipinski definition) is 6. The van der Waals surface area contributed by atoms with E-state index in [4.69, 9.17) is 0 Å². The van der Waals surface area contributed by atoms with Crippen LogP contribution < -0.4 is 10.0 Å². The summed E-state index contributed by atoms with van der Waals surface area (Å²) >= 11 is 0.817. The van der Waals surface area contributed by atoms with Crippen LogP contribution in [0, 0.1) is 6.92 Å². The summed E-state index contributed by atoms with van der Waals surface area (Å²) in [5, 5.41) is 10.1. The number of hydrogen-bond donors (Lipinski definition) is 2. The molecule has 2 rings (SSSR count). The zero-order chi connectivity index (χ0) is 17.0. The Kier molecular flexibility index (Phi) is 5.45. The second-order valence-corrected chi connectivity index (χ2v) is 7.94. The molecule has 0 saturated heterocycles. The van der Waals surface area contributed by atoms with Gasteiger partial charge in [-0.2, -0.15) is 0 Å². The van der Waals surface area contributed by atoms with E-state index in [0.29, 0.717) is 12.0 Å². The molecular weight excluding hydrogens is 336 g/mol. The number of nitrogens with zero attached hydrogens (tertiary/aromatic N) is 2. The molecule has 7 nitrogen and oxygen atoms in total. The average molecular weight is 354 g/mol. The Morgan fingerprint density at radius 3 is 2.65 bits per heavy atom. The molecule has 1 aromatic carbocycles. The lowest BCUT2D eigenvalue weighted by Gasteiger charge is -2.09. The first-order valence-corrected chi connectivity index (χ1v) is 9.36. The summed E-state index contributed by atoms with van der Waals surface area (Å²) < 4.78 is 26.5. The van der Waals surface area contributed by atoms with Crippen molar-refractivity contribution in [3.63, 3.8) is 0 Å². The van der Waals surface area contributed by atoms with Gasteiger partial charge in [-0.15, -0.1) is 10.2 Å². The van der Waals surface area contributed by atoms with E-state index < -0.39 is 10.0 Å². The minimum atomic E-state index is -3.72. The molecule has 23 heavy (non-hydrogen) atoms. The van der Waals surface area contributed by atoms with E-state index in [1.54, 1.807) is 19.1 Å². The van der Waals surface area contributed by atoms with Crippen molar-refractivity contribution in [2.45, 2.75) is 37.6 Å². The van der Waals surface area contributed by atoms with E-state index in [-0.39, 0.29) is 21.4 Å². The van der Waals surface area contributed by atoms with Crippen molar-refractivity contribution in [2.24, 2.45) is 0 Å². The molecular formula is C14H18N4O3S2. The second-order valence-electron chi connectivity index (χ2n) is 5.07. The summed E-state index contributed by atoms with van der Waals surface area (Å²) in [6, 6.07) is 6.90. The summed E-state index contributed by atoms with van der Waals surface area (Å²) in [5.74, 6) is -0.349. The van der Waals surface area contributed by atoms with Crippen LogP contribution in [-0.4, -0.2) is 30.6 Å². The first-order chi connectivity index (χ1) is 10.8. The number of benzene rings is 1. The standard InChI is InChI=1S/C14H18N4O3S2/c1-4-10(3)18-23(20,21)14-17-16-13(22-14)15-12(19)11-8-6-5-7-9(11)2/h5-8,10,18H,4H2,1-3H3,(H,15,16,19)/t10-/m0/s1. The van der Waals surface area contributed by atoms with Crippen LogP contribution in [-0.2, 0) is 10.0 Å². The van der Waals surface area contributed by atoms with Gasteiger partial charge >= 0.3 is 0 Å². The molecule has 9 heteroatoms. The topological polar surface area (TPSA) is 101 Å². The third kappa shape index (κ3) is 4.34. The van der Waals surface area contributed by atoms with Gasteiger partial charge in [-0.1, -0.05) is 36.5 Å². The lowest BCUT2D eigenvalue weighted by molar-refractivity contribution is 0.102. The number of amides is 1. The third-order valence-corrected chi connectivity index (χ3v) is 6.01. The van der Waals surface area contributed by atoms with Gasteiger partial charge in [0.25, 0.3) is 15.9 Å². The molecule has 0 aliphatic rings. The van der Waals surface area contributed by atoms with Gasteiger partial charge in [-0.25, -0.2) is 13.1 Å². The van der Waals surface area contributed by atoms with Gasteiger partial charge in [0.15, 0.2) is 0 Å². The Hall–Kier alpha value is -1.84. The lowest BCUT2D eigenvalue weighted by Crippen LogP contribution is -2.31. The average Bonchev–Trinajstić information content (AvgIpc) is 2.96. The second kappa shape index (κ2) is 7.16. The molecule has 0 aliphatic heterocycles. The first-order valence-electron chi connectivity index (χ1n) is 7.06. The van der Waals surface area contributed by atoms with E-state index in [1.807, 2.05) is 26.0 Å². The monoisotopic (exact) mass is 354 g/mol. The number of carbonyl (C=O) groups is 1. The van der Waals surface area contributed by atoms with Gasteiger partial charge in [-0.05, 0) is 31.9 Å². The highest BCUT2D eigenvalue weighted by molar-refractivity contribution is 7.91. The number of nitrogens with one attached hydrogen (secondary N) is 2. The molecule has 2 N–H and O–H groups in total. The summed E-state index contributed by atoms with van der Waals surface area (Å²) in [7, 11) is -3.72. The van der Waals surface area contributed by atoms with Crippen molar-refractivity contribution in [3.05, 3.63) is 35.4 Å². The van der Waals surface area contributed by atoms with E-state index >= 15 is 0 Å². The molecule has 0 saturated carbocycles. The predicted molar refractivity (Wildman–Crippen MR) is 89.1 cm³/mol. The van der Waals surface area contributed by atoms with Crippen molar-refractivity contribution in [3.8, 4) is 0 Å². The highest BCUT2D eigenvalue weighted by atomic mass is 32.2. The van der Waals surface area contributed by atoms with Crippen LogP contribution in [0.3, 0.4) is 0 Å². The van der Waals surface area contributed by atoms with Crippen molar-refractivity contribution in [1.29, 1.82) is 0 Å². The Morgan fingerprint density at radius 1 is 1.30 bits per heavy atom. The molecule has 1 heterocycles. The maximum Gasteiger partial charge on any atom is 0.270 e. The van der Waals surface area contributed by atoms with Crippen molar-refractivity contribution < 1.29 is 13.2 Å². The number of rotatable bonds is 6. The van der Waals surface area contributed by atoms with E-state index in [2.05, 4.69) is 20.2 Å². The lowest BCUT2D eigenvalue weighted by atomic mass is 10.1. The van der Waals surface area contributed by atoms with Crippen LogP contribution in [0.2, 0.25) is 0 Å². The number of sulfonamides is 1. The predicted octanol–water partition coefficient (Wildman–Crippen LogP) is 2.18. The van der Waals surface area contributed by atoms with Gasteiger partial charge in [0.2, 0.25) is 9.47 Å². The van der Waals surface area contributed by atoms with E-state index in [1.165, 1.54) is 0 Å². The summed E-state index contributed by atoms with van der Waals surface area (Å²) in [6.45, 7) is 5.46. The maximum absolute atomic E-state index is 12.2.